The minimum absolute atomic E-state index is 0.358. The van der Waals surface area contributed by atoms with Crippen LogP contribution in [0.5, 0.6) is 0 Å². The van der Waals surface area contributed by atoms with Gasteiger partial charge in [0.2, 0.25) is 5.82 Å². The molecule has 0 bridgehead atoms. The lowest BCUT2D eigenvalue weighted by Gasteiger charge is -2.32. The van der Waals surface area contributed by atoms with Crippen LogP contribution < -0.4 is 5.46 Å². The van der Waals surface area contributed by atoms with Crippen LogP contribution in [0.1, 0.15) is 27.7 Å². The number of rotatable bonds is 2. The first-order valence-corrected chi connectivity index (χ1v) is 6.84. The summed E-state index contributed by atoms with van der Waals surface area (Å²) in [5, 5.41) is 11.9. The fraction of sp³-hybridized carbons (Fsp3) is 0.538. The molecule has 3 heterocycles. The third-order valence-electron chi connectivity index (χ3n) is 4.05. The van der Waals surface area contributed by atoms with Crippen molar-refractivity contribution in [2.75, 3.05) is 0 Å². The molecule has 1 aliphatic rings. The first-order chi connectivity index (χ1) is 9.78. The maximum atomic E-state index is 5.99. The normalized spacial score (nSPS) is 20.0. The van der Waals surface area contributed by atoms with Crippen LogP contribution in [0.15, 0.2) is 18.3 Å². The highest BCUT2D eigenvalue weighted by Crippen LogP contribution is 2.36. The van der Waals surface area contributed by atoms with E-state index in [1.165, 1.54) is 4.80 Å². The molecule has 0 atom stereocenters. The van der Waals surface area contributed by atoms with Crippen molar-refractivity contribution in [3.05, 3.63) is 18.3 Å². The zero-order chi connectivity index (χ0) is 15.3. The molecule has 1 saturated heterocycles. The van der Waals surface area contributed by atoms with Crippen LogP contribution in [0, 0.1) is 0 Å². The van der Waals surface area contributed by atoms with E-state index in [9.17, 15) is 0 Å². The molecular formula is C13H18BN5O2. The highest BCUT2D eigenvalue weighted by atomic mass is 16.7. The molecule has 1 aliphatic heterocycles. The number of aromatic nitrogens is 5. The summed E-state index contributed by atoms with van der Waals surface area (Å²) in [6.07, 6.45) is 1.73. The van der Waals surface area contributed by atoms with Gasteiger partial charge in [0.15, 0.2) is 0 Å². The summed E-state index contributed by atoms with van der Waals surface area (Å²) in [6.45, 7) is 8.10. The van der Waals surface area contributed by atoms with Crippen molar-refractivity contribution in [2.45, 2.75) is 38.9 Å². The zero-order valence-corrected chi connectivity index (χ0v) is 12.9. The van der Waals surface area contributed by atoms with Gasteiger partial charge in [0.05, 0.1) is 18.2 Å². The van der Waals surface area contributed by atoms with Gasteiger partial charge in [-0.05, 0) is 39.0 Å². The van der Waals surface area contributed by atoms with E-state index in [0.717, 1.165) is 5.46 Å². The van der Waals surface area contributed by atoms with E-state index >= 15 is 0 Å². The third-order valence-corrected chi connectivity index (χ3v) is 4.05. The van der Waals surface area contributed by atoms with Crippen molar-refractivity contribution in [1.29, 1.82) is 0 Å². The number of hydrogen-bond acceptors (Lipinski definition) is 6. The van der Waals surface area contributed by atoms with Crippen LogP contribution in [-0.4, -0.2) is 43.5 Å². The average Bonchev–Trinajstić information content (AvgIpc) is 2.92. The number of pyridine rings is 1. The van der Waals surface area contributed by atoms with Gasteiger partial charge in [0.1, 0.15) is 5.69 Å². The minimum atomic E-state index is -0.411. The van der Waals surface area contributed by atoms with Crippen LogP contribution in [0.4, 0.5) is 0 Å². The molecule has 0 unspecified atom stereocenters. The Bertz CT molecular complexity index is 637. The second-order valence-electron chi connectivity index (χ2n) is 6.17. The smallest absolute Gasteiger partial charge is 0.399 e. The summed E-state index contributed by atoms with van der Waals surface area (Å²) in [4.78, 5) is 5.77. The van der Waals surface area contributed by atoms with Crippen LogP contribution in [0.2, 0.25) is 0 Å². The molecule has 1 fully saturated rings. The second-order valence-corrected chi connectivity index (χ2v) is 6.17. The highest BCUT2D eigenvalue weighted by molar-refractivity contribution is 6.62. The van der Waals surface area contributed by atoms with Crippen molar-refractivity contribution in [2.24, 2.45) is 7.05 Å². The molecular weight excluding hydrogens is 269 g/mol. The number of hydrogen-bond donors (Lipinski definition) is 0. The molecule has 2 aromatic rings. The predicted octanol–water partition coefficient (Wildman–Crippen LogP) is 0.571. The van der Waals surface area contributed by atoms with Gasteiger partial charge in [0.25, 0.3) is 0 Å². The van der Waals surface area contributed by atoms with Crippen LogP contribution >= 0.6 is 0 Å². The maximum absolute atomic E-state index is 5.99. The Hall–Kier alpha value is -1.80. The third kappa shape index (κ3) is 2.45. The first kappa shape index (κ1) is 14.2. The summed E-state index contributed by atoms with van der Waals surface area (Å²) in [5.41, 5.74) is 0.829. The molecule has 21 heavy (non-hydrogen) atoms. The zero-order valence-electron chi connectivity index (χ0n) is 12.9. The van der Waals surface area contributed by atoms with Crippen molar-refractivity contribution in [3.8, 4) is 11.5 Å². The van der Waals surface area contributed by atoms with E-state index in [4.69, 9.17) is 9.31 Å². The monoisotopic (exact) mass is 287 g/mol. The van der Waals surface area contributed by atoms with E-state index in [1.54, 1.807) is 13.2 Å². The maximum Gasteiger partial charge on any atom is 0.496 e. The standard InChI is InChI=1S/C13H18BN5O2/c1-12(2)13(3,4)21-14(20-12)9-6-7-10(15-8-9)11-16-18-19(5)17-11/h6-8H,1-5H3. The van der Waals surface area contributed by atoms with E-state index < -0.39 is 7.12 Å². The van der Waals surface area contributed by atoms with Gasteiger partial charge in [-0.1, -0.05) is 6.07 Å². The van der Waals surface area contributed by atoms with Gasteiger partial charge in [-0.25, -0.2) is 0 Å². The van der Waals surface area contributed by atoms with Crippen molar-refractivity contribution < 1.29 is 9.31 Å². The molecule has 0 aliphatic carbocycles. The number of aryl methyl sites for hydroxylation is 1. The Balaban J connectivity index is 1.83. The Labute approximate surface area is 123 Å². The first-order valence-electron chi connectivity index (χ1n) is 6.84. The molecule has 0 amide bonds. The lowest BCUT2D eigenvalue weighted by Crippen LogP contribution is -2.41. The summed E-state index contributed by atoms with van der Waals surface area (Å²) < 4.78 is 12.0. The Morgan fingerprint density at radius 1 is 1.10 bits per heavy atom. The van der Waals surface area contributed by atoms with Gasteiger partial charge in [-0.15, -0.1) is 10.2 Å². The summed E-state index contributed by atoms with van der Waals surface area (Å²) in [6, 6.07) is 3.76. The molecule has 3 rings (SSSR count). The Morgan fingerprint density at radius 3 is 2.24 bits per heavy atom. The molecule has 0 N–H and O–H groups in total. The van der Waals surface area contributed by atoms with Gasteiger partial charge in [0, 0.05) is 11.7 Å². The topological polar surface area (TPSA) is 75.0 Å². The highest BCUT2D eigenvalue weighted by Gasteiger charge is 2.51. The molecule has 0 saturated carbocycles. The van der Waals surface area contributed by atoms with Crippen LogP contribution in [-0.2, 0) is 16.4 Å². The Morgan fingerprint density at radius 2 is 1.76 bits per heavy atom. The molecule has 0 spiro atoms. The van der Waals surface area contributed by atoms with Crippen LogP contribution in [0.25, 0.3) is 11.5 Å². The van der Waals surface area contributed by atoms with Crippen LogP contribution in [0.3, 0.4) is 0 Å². The SMILES string of the molecule is Cn1nnc(-c2ccc(B3OC(C)(C)C(C)(C)O3)cn2)n1. The van der Waals surface area contributed by atoms with Gasteiger partial charge in [-0.3, -0.25) is 4.98 Å². The van der Waals surface area contributed by atoms with Crippen molar-refractivity contribution in [3.63, 3.8) is 0 Å². The molecule has 8 heteroatoms. The summed E-state index contributed by atoms with van der Waals surface area (Å²) in [7, 11) is 1.31. The summed E-state index contributed by atoms with van der Waals surface area (Å²) in [5.74, 6) is 0.498. The van der Waals surface area contributed by atoms with E-state index in [-0.39, 0.29) is 11.2 Å². The largest absolute Gasteiger partial charge is 0.496 e. The van der Waals surface area contributed by atoms with Crippen molar-refractivity contribution >= 4 is 12.6 Å². The van der Waals surface area contributed by atoms with E-state index in [1.807, 2.05) is 39.8 Å². The van der Waals surface area contributed by atoms with E-state index in [0.29, 0.717) is 11.5 Å². The van der Waals surface area contributed by atoms with Gasteiger partial charge in [-0.2, -0.15) is 4.80 Å². The number of tetrazole rings is 1. The molecule has 110 valence electrons. The minimum Gasteiger partial charge on any atom is -0.399 e. The van der Waals surface area contributed by atoms with Crippen molar-refractivity contribution in [1.82, 2.24) is 25.2 Å². The molecule has 2 aromatic heterocycles. The summed E-state index contributed by atoms with van der Waals surface area (Å²) >= 11 is 0. The molecule has 7 nitrogen and oxygen atoms in total. The fourth-order valence-corrected chi connectivity index (χ4v) is 2.04. The fourth-order valence-electron chi connectivity index (χ4n) is 2.04. The molecule has 0 radical (unpaired) electrons. The second kappa shape index (κ2) is 4.61. The quantitative estimate of drug-likeness (QED) is 0.752. The Kier molecular flexibility index (Phi) is 3.10. The van der Waals surface area contributed by atoms with Gasteiger partial charge < -0.3 is 9.31 Å². The lowest BCUT2D eigenvalue weighted by atomic mass is 9.80. The predicted molar refractivity (Wildman–Crippen MR) is 77.7 cm³/mol. The number of nitrogens with zero attached hydrogens (tertiary/aromatic N) is 5. The molecule has 0 aromatic carbocycles. The van der Waals surface area contributed by atoms with Gasteiger partial charge >= 0.3 is 7.12 Å². The van der Waals surface area contributed by atoms with E-state index in [2.05, 4.69) is 20.4 Å². The lowest BCUT2D eigenvalue weighted by molar-refractivity contribution is 0.00578. The average molecular weight is 287 g/mol.